The van der Waals surface area contributed by atoms with Crippen LogP contribution in [0.1, 0.15) is 44.5 Å². The molecule has 0 fully saturated rings. The van der Waals surface area contributed by atoms with Crippen molar-refractivity contribution in [3.05, 3.63) is 190 Å². The average Bonchev–Trinajstić information content (AvgIpc) is 3.12. The van der Waals surface area contributed by atoms with Crippen LogP contribution in [-0.4, -0.2) is 24.4 Å². The topological polar surface area (TPSA) is 58.9 Å². The van der Waals surface area contributed by atoms with Crippen molar-refractivity contribution in [2.45, 2.75) is 25.0 Å². The van der Waals surface area contributed by atoms with Gasteiger partial charge in [-0.2, -0.15) is 0 Å². The van der Waals surface area contributed by atoms with E-state index in [0.29, 0.717) is 0 Å². The van der Waals surface area contributed by atoms with Gasteiger partial charge in [-0.25, -0.2) is 0 Å². The van der Waals surface area contributed by atoms with Crippen LogP contribution in [0.2, 0.25) is 0 Å². The van der Waals surface area contributed by atoms with Gasteiger partial charge in [-0.1, -0.05) is 132 Å². The van der Waals surface area contributed by atoms with E-state index in [4.69, 9.17) is 9.47 Å². The van der Waals surface area contributed by atoms with Crippen molar-refractivity contribution in [1.82, 2.24) is 0 Å². The molecular formula is C42H38O4. The predicted octanol–water partition coefficient (Wildman–Crippen LogP) is 8.56. The summed E-state index contributed by atoms with van der Waals surface area (Å²) in [6, 6.07) is 47.1. The maximum atomic E-state index is 12.4. The highest BCUT2D eigenvalue weighted by atomic mass is 16.5. The van der Waals surface area contributed by atoms with Gasteiger partial charge in [0.2, 0.25) is 0 Å². The van der Waals surface area contributed by atoms with Crippen molar-refractivity contribution in [3.63, 3.8) is 0 Å². The molecule has 0 saturated carbocycles. The Labute approximate surface area is 271 Å². The average molecular weight is 607 g/mol. The first-order valence-corrected chi connectivity index (χ1v) is 15.4. The third kappa shape index (κ3) is 5.69. The molecule has 0 aliphatic rings. The molecule has 230 valence electrons. The van der Waals surface area contributed by atoms with E-state index >= 15 is 0 Å². The summed E-state index contributed by atoms with van der Waals surface area (Å²) in [7, 11) is 3.27. The molecule has 46 heavy (non-hydrogen) atoms. The maximum absolute atomic E-state index is 12.4. The predicted molar refractivity (Wildman–Crippen MR) is 184 cm³/mol. The Bertz CT molecular complexity index is 1750. The normalized spacial score (nSPS) is 13.8. The Morgan fingerprint density at radius 2 is 0.565 bits per heavy atom. The molecule has 6 aromatic rings. The van der Waals surface area contributed by atoms with Crippen LogP contribution >= 0.6 is 0 Å². The van der Waals surface area contributed by atoms with Gasteiger partial charge in [0, 0.05) is 0 Å². The molecule has 0 aliphatic heterocycles. The van der Waals surface area contributed by atoms with Gasteiger partial charge in [-0.3, -0.25) is 0 Å². The van der Waals surface area contributed by atoms with Crippen molar-refractivity contribution in [2.24, 2.45) is 0 Å². The number of ether oxygens (including phenoxy) is 2. The van der Waals surface area contributed by atoms with Gasteiger partial charge in [0.15, 0.2) is 0 Å². The van der Waals surface area contributed by atoms with Gasteiger partial charge in [0.05, 0.1) is 14.2 Å². The lowest BCUT2D eigenvalue weighted by Gasteiger charge is -2.31. The lowest BCUT2D eigenvalue weighted by Crippen LogP contribution is -2.29. The van der Waals surface area contributed by atoms with Crippen molar-refractivity contribution in [3.8, 4) is 22.6 Å². The molecule has 4 heteroatoms. The molecule has 0 bridgehead atoms. The standard InChI is InChI=1S/C42H38O4/c1-29-5-13-33(14-6-29)41(43,37-21-25-39(45-3)26-22-37)35-17-9-31(10-18-35)32-11-19-36(20-12-32)42(44,34-15-7-30(2)8-16-34)38-23-27-40(46-4)28-24-38/h5-28,43-44H,1-4H3. The van der Waals surface area contributed by atoms with Crippen LogP contribution in [0.4, 0.5) is 0 Å². The third-order valence-corrected chi connectivity index (χ3v) is 8.89. The van der Waals surface area contributed by atoms with Gasteiger partial charge in [-0.15, -0.1) is 0 Å². The number of aliphatic hydroxyl groups is 2. The van der Waals surface area contributed by atoms with E-state index in [1.807, 2.05) is 159 Å². The summed E-state index contributed by atoms with van der Waals surface area (Å²) >= 11 is 0. The van der Waals surface area contributed by atoms with E-state index in [-0.39, 0.29) is 0 Å². The van der Waals surface area contributed by atoms with Crippen molar-refractivity contribution in [2.75, 3.05) is 14.2 Å². The fourth-order valence-corrected chi connectivity index (χ4v) is 6.06. The minimum absolute atomic E-state index is 0.732. The maximum Gasteiger partial charge on any atom is 0.140 e. The summed E-state index contributed by atoms with van der Waals surface area (Å²) < 4.78 is 10.7. The molecule has 0 amide bonds. The van der Waals surface area contributed by atoms with Crippen molar-refractivity contribution >= 4 is 0 Å². The quantitative estimate of drug-likeness (QED) is 0.162. The number of benzene rings is 6. The van der Waals surface area contributed by atoms with Gasteiger partial charge in [0.1, 0.15) is 22.7 Å². The van der Waals surface area contributed by atoms with Crippen LogP contribution in [0.3, 0.4) is 0 Å². The lowest BCUT2D eigenvalue weighted by molar-refractivity contribution is 0.125. The Hall–Kier alpha value is -5.16. The Morgan fingerprint density at radius 1 is 0.348 bits per heavy atom. The Morgan fingerprint density at radius 3 is 0.804 bits per heavy atom. The lowest BCUT2D eigenvalue weighted by atomic mass is 9.79. The molecule has 0 aromatic heterocycles. The van der Waals surface area contributed by atoms with Crippen LogP contribution in [0.15, 0.2) is 146 Å². The minimum Gasteiger partial charge on any atom is -0.497 e. The number of hydrogen-bond donors (Lipinski definition) is 2. The second kappa shape index (κ2) is 12.7. The molecule has 4 nitrogen and oxygen atoms in total. The third-order valence-electron chi connectivity index (χ3n) is 8.89. The van der Waals surface area contributed by atoms with E-state index in [1.54, 1.807) is 14.2 Å². The molecule has 0 radical (unpaired) electrons. The fourth-order valence-electron chi connectivity index (χ4n) is 6.06. The summed E-state index contributed by atoms with van der Waals surface area (Å²) in [5.74, 6) is 1.46. The monoisotopic (exact) mass is 606 g/mol. The van der Waals surface area contributed by atoms with Gasteiger partial charge < -0.3 is 19.7 Å². The summed E-state index contributed by atoms with van der Waals surface area (Å²) in [6.45, 7) is 4.07. The molecule has 6 aromatic carbocycles. The number of aryl methyl sites for hydroxylation is 2. The Balaban J connectivity index is 1.36. The highest BCUT2D eigenvalue weighted by Gasteiger charge is 2.35. The summed E-state index contributed by atoms with van der Waals surface area (Å²) in [5.41, 5.74) is 6.14. The first-order valence-electron chi connectivity index (χ1n) is 15.4. The molecule has 0 aliphatic carbocycles. The zero-order valence-electron chi connectivity index (χ0n) is 26.6. The molecule has 2 N–H and O–H groups in total. The highest BCUT2D eigenvalue weighted by Crippen LogP contribution is 2.40. The van der Waals surface area contributed by atoms with Crippen LogP contribution < -0.4 is 9.47 Å². The van der Waals surface area contributed by atoms with Gasteiger partial charge in [0.25, 0.3) is 0 Å². The van der Waals surface area contributed by atoms with E-state index < -0.39 is 11.2 Å². The summed E-state index contributed by atoms with van der Waals surface area (Å²) in [6.07, 6.45) is 0. The van der Waals surface area contributed by atoms with Crippen LogP contribution in [0.25, 0.3) is 11.1 Å². The van der Waals surface area contributed by atoms with E-state index in [1.165, 1.54) is 0 Å². The first-order chi connectivity index (χ1) is 22.2. The van der Waals surface area contributed by atoms with Gasteiger partial charge in [-0.05, 0) is 82.6 Å². The summed E-state index contributed by atoms with van der Waals surface area (Å²) in [4.78, 5) is 0. The second-order valence-electron chi connectivity index (χ2n) is 11.8. The minimum atomic E-state index is -1.36. The first kappa shape index (κ1) is 30.8. The fraction of sp³-hybridized carbons (Fsp3) is 0.143. The van der Waals surface area contributed by atoms with Crippen LogP contribution in [0.5, 0.6) is 11.5 Å². The number of rotatable bonds is 9. The zero-order valence-corrected chi connectivity index (χ0v) is 26.6. The molecule has 2 atom stereocenters. The smallest absolute Gasteiger partial charge is 0.140 e. The van der Waals surface area contributed by atoms with Crippen LogP contribution in [0, 0.1) is 13.8 Å². The van der Waals surface area contributed by atoms with Gasteiger partial charge >= 0.3 is 0 Å². The van der Waals surface area contributed by atoms with Crippen molar-refractivity contribution < 1.29 is 19.7 Å². The second-order valence-corrected chi connectivity index (χ2v) is 11.8. The van der Waals surface area contributed by atoms with E-state index in [0.717, 1.165) is 67.1 Å². The number of hydrogen-bond acceptors (Lipinski definition) is 4. The number of methoxy groups -OCH3 is 2. The SMILES string of the molecule is COc1ccc(C(O)(c2ccc(C)cc2)c2ccc(-c3ccc(C(O)(c4ccc(C)cc4)c4ccc(OC)cc4)cc3)cc2)cc1. The highest BCUT2D eigenvalue weighted by molar-refractivity contribution is 5.66. The molecule has 0 saturated heterocycles. The van der Waals surface area contributed by atoms with Crippen LogP contribution in [-0.2, 0) is 11.2 Å². The van der Waals surface area contributed by atoms with E-state index in [9.17, 15) is 10.2 Å². The molecule has 0 spiro atoms. The zero-order chi connectivity index (χ0) is 32.3. The van der Waals surface area contributed by atoms with Crippen molar-refractivity contribution in [1.29, 1.82) is 0 Å². The largest absolute Gasteiger partial charge is 0.497 e. The molecule has 0 heterocycles. The molecular weight excluding hydrogens is 568 g/mol. The summed E-state index contributed by atoms with van der Waals surface area (Å²) in [5, 5.41) is 24.7. The molecule has 2 unspecified atom stereocenters. The van der Waals surface area contributed by atoms with E-state index in [2.05, 4.69) is 0 Å². The Kier molecular flexibility index (Phi) is 8.50. The molecule has 6 rings (SSSR count).